The van der Waals surface area contributed by atoms with Gasteiger partial charge in [-0.1, -0.05) is 57.5 Å². The number of likely N-dealkylation sites (N-methyl/N-ethyl adjacent to an activating group) is 1. The average Bonchev–Trinajstić information content (AvgIpc) is 2.45. The molecule has 2 atom stereocenters. The summed E-state index contributed by atoms with van der Waals surface area (Å²) in [7, 11) is -3.30. The second kappa shape index (κ2) is 10.7. The van der Waals surface area contributed by atoms with Crippen LogP contribution in [0.2, 0.25) is 0 Å². The highest BCUT2D eigenvalue weighted by Crippen LogP contribution is 2.07. The molecule has 0 saturated heterocycles. The van der Waals surface area contributed by atoms with Gasteiger partial charge in [0.25, 0.3) is 0 Å². The lowest BCUT2D eigenvalue weighted by Crippen LogP contribution is -2.46. The SMILES string of the molecule is CCC.CCN(C[C@@H](O)C(N)Cc1ccccc1)S(C)(=O)=O. The summed E-state index contributed by atoms with van der Waals surface area (Å²) in [5.74, 6) is 0. The lowest BCUT2D eigenvalue weighted by atomic mass is 10.0. The summed E-state index contributed by atoms with van der Waals surface area (Å²) in [6, 6.07) is 9.10. The Morgan fingerprint density at radius 3 is 2.09 bits per heavy atom. The molecule has 5 nitrogen and oxygen atoms in total. The van der Waals surface area contributed by atoms with Crippen LogP contribution in [-0.4, -0.2) is 49.3 Å². The first-order valence-electron chi connectivity index (χ1n) is 7.68. The number of benzene rings is 1. The van der Waals surface area contributed by atoms with Crippen molar-refractivity contribution in [3.63, 3.8) is 0 Å². The molecule has 0 bridgehead atoms. The third-order valence-corrected chi connectivity index (χ3v) is 4.37. The van der Waals surface area contributed by atoms with Gasteiger partial charge in [-0.05, 0) is 12.0 Å². The van der Waals surface area contributed by atoms with E-state index in [9.17, 15) is 13.5 Å². The zero-order valence-electron chi connectivity index (χ0n) is 14.1. The number of rotatable bonds is 7. The third kappa shape index (κ3) is 8.48. The molecule has 0 aliphatic heterocycles. The van der Waals surface area contributed by atoms with Crippen LogP contribution in [0.4, 0.5) is 0 Å². The summed E-state index contributed by atoms with van der Waals surface area (Å²) in [4.78, 5) is 0. The fourth-order valence-corrected chi connectivity index (χ4v) is 2.76. The van der Waals surface area contributed by atoms with Gasteiger partial charge in [-0.25, -0.2) is 8.42 Å². The number of aliphatic hydroxyl groups is 1. The van der Waals surface area contributed by atoms with Crippen LogP contribution in [-0.2, 0) is 16.4 Å². The highest BCUT2D eigenvalue weighted by molar-refractivity contribution is 7.88. The molecule has 0 heterocycles. The summed E-state index contributed by atoms with van der Waals surface area (Å²) in [5.41, 5.74) is 6.95. The predicted molar refractivity (Wildman–Crippen MR) is 92.2 cm³/mol. The topological polar surface area (TPSA) is 83.6 Å². The van der Waals surface area contributed by atoms with Crippen LogP contribution in [0.15, 0.2) is 30.3 Å². The van der Waals surface area contributed by atoms with Gasteiger partial charge in [0, 0.05) is 19.1 Å². The van der Waals surface area contributed by atoms with E-state index in [1.54, 1.807) is 6.92 Å². The number of nitrogens with two attached hydrogens (primary N) is 1. The Morgan fingerprint density at radius 2 is 1.68 bits per heavy atom. The lowest BCUT2D eigenvalue weighted by molar-refractivity contribution is 0.120. The fourth-order valence-electron chi connectivity index (χ4n) is 1.87. The van der Waals surface area contributed by atoms with Crippen molar-refractivity contribution in [2.75, 3.05) is 19.3 Å². The first-order valence-corrected chi connectivity index (χ1v) is 9.53. The van der Waals surface area contributed by atoms with Gasteiger partial charge in [0.2, 0.25) is 10.0 Å². The van der Waals surface area contributed by atoms with E-state index in [2.05, 4.69) is 13.8 Å². The Kier molecular flexibility index (Phi) is 10.3. The minimum absolute atomic E-state index is 0.0311. The van der Waals surface area contributed by atoms with Gasteiger partial charge < -0.3 is 10.8 Å². The van der Waals surface area contributed by atoms with Gasteiger partial charge >= 0.3 is 0 Å². The van der Waals surface area contributed by atoms with Crippen molar-refractivity contribution < 1.29 is 13.5 Å². The molecular weight excluding hydrogens is 300 g/mol. The quantitative estimate of drug-likeness (QED) is 0.795. The van der Waals surface area contributed by atoms with Gasteiger partial charge in [0.15, 0.2) is 0 Å². The highest BCUT2D eigenvalue weighted by Gasteiger charge is 2.22. The van der Waals surface area contributed by atoms with Crippen LogP contribution in [0.25, 0.3) is 0 Å². The molecule has 0 aliphatic rings. The average molecular weight is 330 g/mol. The van der Waals surface area contributed by atoms with Crippen LogP contribution < -0.4 is 5.73 Å². The van der Waals surface area contributed by atoms with Crippen LogP contribution in [0, 0.1) is 0 Å². The van der Waals surface area contributed by atoms with Crippen molar-refractivity contribution >= 4 is 10.0 Å². The van der Waals surface area contributed by atoms with E-state index in [4.69, 9.17) is 5.73 Å². The standard InChI is InChI=1S/C13H22N2O3S.C3H8/c1-3-15(19(2,17)18)10-13(16)12(14)9-11-7-5-4-6-8-11;1-3-2/h4-8,12-13,16H,3,9-10,14H2,1-2H3;3H2,1-2H3/t12?,13-;/m1./s1. The van der Waals surface area contributed by atoms with Gasteiger partial charge in [0.05, 0.1) is 12.4 Å². The van der Waals surface area contributed by atoms with Crippen molar-refractivity contribution in [3.05, 3.63) is 35.9 Å². The van der Waals surface area contributed by atoms with Crippen LogP contribution in [0.1, 0.15) is 32.8 Å². The van der Waals surface area contributed by atoms with E-state index in [-0.39, 0.29) is 6.54 Å². The van der Waals surface area contributed by atoms with Crippen LogP contribution in [0.5, 0.6) is 0 Å². The first kappa shape index (κ1) is 21.0. The van der Waals surface area contributed by atoms with Crippen molar-refractivity contribution in [2.24, 2.45) is 5.73 Å². The maximum absolute atomic E-state index is 11.5. The number of hydrogen-bond donors (Lipinski definition) is 2. The lowest BCUT2D eigenvalue weighted by Gasteiger charge is -2.25. The van der Waals surface area contributed by atoms with E-state index in [1.807, 2.05) is 30.3 Å². The van der Waals surface area contributed by atoms with Gasteiger partial charge in [-0.3, -0.25) is 0 Å². The monoisotopic (exact) mass is 330 g/mol. The molecule has 1 aromatic rings. The largest absolute Gasteiger partial charge is 0.390 e. The van der Waals surface area contributed by atoms with E-state index < -0.39 is 22.2 Å². The molecule has 1 unspecified atom stereocenters. The Hall–Kier alpha value is -0.950. The fraction of sp³-hybridized carbons (Fsp3) is 0.625. The third-order valence-electron chi connectivity index (χ3n) is 3.02. The maximum Gasteiger partial charge on any atom is 0.211 e. The molecule has 0 spiro atoms. The second-order valence-corrected chi connectivity index (χ2v) is 7.32. The summed E-state index contributed by atoms with van der Waals surface area (Å²) >= 11 is 0. The van der Waals surface area contributed by atoms with Crippen molar-refractivity contribution in [2.45, 2.75) is 45.8 Å². The zero-order valence-corrected chi connectivity index (χ0v) is 14.9. The Labute approximate surface area is 135 Å². The smallest absolute Gasteiger partial charge is 0.211 e. The van der Waals surface area contributed by atoms with Gasteiger partial charge in [0.1, 0.15) is 0 Å². The molecule has 22 heavy (non-hydrogen) atoms. The van der Waals surface area contributed by atoms with Crippen LogP contribution in [0.3, 0.4) is 0 Å². The van der Waals surface area contributed by atoms with Gasteiger partial charge in [-0.2, -0.15) is 4.31 Å². The number of nitrogens with zero attached hydrogens (tertiary/aromatic N) is 1. The summed E-state index contributed by atoms with van der Waals surface area (Å²) in [5, 5.41) is 10.0. The van der Waals surface area contributed by atoms with E-state index in [0.717, 1.165) is 11.8 Å². The van der Waals surface area contributed by atoms with Crippen LogP contribution >= 0.6 is 0 Å². The van der Waals surface area contributed by atoms with E-state index in [1.165, 1.54) is 10.7 Å². The molecule has 0 fully saturated rings. The van der Waals surface area contributed by atoms with Crippen molar-refractivity contribution in [3.8, 4) is 0 Å². The molecule has 0 aliphatic carbocycles. The molecule has 0 amide bonds. The minimum atomic E-state index is -3.30. The molecule has 0 radical (unpaired) electrons. The van der Waals surface area contributed by atoms with E-state index in [0.29, 0.717) is 13.0 Å². The molecule has 128 valence electrons. The molecule has 6 heteroatoms. The number of aliphatic hydroxyl groups excluding tert-OH is 1. The number of sulfonamides is 1. The van der Waals surface area contributed by atoms with Crippen molar-refractivity contribution in [1.82, 2.24) is 4.31 Å². The Balaban J connectivity index is 0.00000135. The Morgan fingerprint density at radius 1 is 1.18 bits per heavy atom. The maximum atomic E-state index is 11.5. The normalized spacial score (nSPS) is 14.1. The molecule has 0 aromatic heterocycles. The molecular formula is C16H30N2O3S. The summed E-state index contributed by atoms with van der Waals surface area (Å²) < 4.78 is 24.1. The molecule has 1 rings (SSSR count). The zero-order chi connectivity index (χ0) is 17.2. The Bertz CT molecular complexity index is 491. The first-order chi connectivity index (χ1) is 10.3. The van der Waals surface area contributed by atoms with E-state index >= 15 is 0 Å². The molecule has 1 aromatic carbocycles. The molecule has 0 saturated carbocycles. The highest BCUT2D eigenvalue weighted by atomic mass is 32.2. The second-order valence-electron chi connectivity index (χ2n) is 5.34. The minimum Gasteiger partial charge on any atom is -0.390 e. The van der Waals surface area contributed by atoms with Gasteiger partial charge in [-0.15, -0.1) is 0 Å². The predicted octanol–water partition coefficient (Wildman–Crippen LogP) is 1.62. The molecule has 3 N–H and O–H groups in total. The number of hydrogen-bond acceptors (Lipinski definition) is 4. The summed E-state index contributed by atoms with van der Waals surface area (Å²) in [6.45, 7) is 6.34. The summed E-state index contributed by atoms with van der Waals surface area (Å²) in [6.07, 6.45) is 2.02. The van der Waals surface area contributed by atoms with Crippen molar-refractivity contribution in [1.29, 1.82) is 0 Å².